The fourth-order valence-corrected chi connectivity index (χ4v) is 4.50. The molecule has 0 fully saturated rings. The van der Waals surface area contributed by atoms with E-state index in [-0.39, 0.29) is 52.1 Å². The van der Waals surface area contributed by atoms with Crippen LogP contribution in [0.4, 0.5) is 15.8 Å². The summed E-state index contributed by atoms with van der Waals surface area (Å²) in [5, 5.41) is 9.38. The highest BCUT2D eigenvalue weighted by atomic mass is 35.5. The first-order valence-electron chi connectivity index (χ1n) is 12.3. The molecule has 3 amide bonds. The van der Waals surface area contributed by atoms with Gasteiger partial charge < -0.3 is 25.3 Å². The molecule has 11 heteroatoms. The first-order chi connectivity index (χ1) is 19.0. The molecule has 4 rings (SSSR count). The molecule has 3 aromatic carbocycles. The maximum Gasteiger partial charge on any atom is 0.272 e. The van der Waals surface area contributed by atoms with Gasteiger partial charge in [-0.15, -0.1) is 0 Å². The van der Waals surface area contributed by atoms with Gasteiger partial charge in [0.15, 0.2) is 0 Å². The highest BCUT2D eigenvalue weighted by molar-refractivity contribution is 6.34. The zero-order chi connectivity index (χ0) is 29.0. The minimum absolute atomic E-state index is 0.0810. The van der Waals surface area contributed by atoms with Gasteiger partial charge in [0.1, 0.15) is 18.2 Å². The highest BCUT2D eigenvalue weighted by Crippen LogP contribution is 2.27. The number of aromatic nitrogens is 1. The molecule has 3 N–H and O–H groups in total. The molecule has 1 aromatic heterocycles. The SMILES string of the molecule is COCn1c(C(=O)Nc2cc(F)cc(Cl)c2)cc2cc(NC(=O)c3cc(CNC(=O)C(C)C)ccc3Cl)ccc21. The van der Waals surface area contributed by atoms with Crippen LogP contribution in [-0.4, -0.2) is 29.4 Å². The van der Waals surface area contributed by atoms with E-state index >= 15 is 0 Å². The van der Waals surface area contributed by atoms with E-state index in [0.29, 0.717) is 16.6 Å². The van der Waals surface area contributed by atoms with Crippen LogP contribution in [0.5, 0.6) is 0 Å². The number of carbonyl (C=O) groups excluding carboxylic acids is 3. The summed E-state index contributed by atoms with van der Waals surface area (Å²) in [7, 11) is 1.50. The number of nitrogens with one attached hydrogen (secondary N) is 3. The Morgan fingerprint density at radius 1 is 0.925 bits per heavy atom. The van der Waals surface area contributed by atoms with E-state index in [4.69, 9.17) is 27.9 Å². The van der Waals surface area contributed by atoms with Crippen molar-refractivity contribution in [2.75, 3.05) is 17.7 Å². The van der Waals surface area contributed by atoms with Gasteiger partial charge in [0.2, 0.25) is 5.91 Å². The summed E-state index contributed by atoms with van der Waals surface area (Å²) < 4.78 is 20.7. The number of halogens is 3. The summed E-state index contributed by atoms with van der Waals surface area (Å²) in [4.78, 5) is 38.1. The quantitative estimate of drug-likeness (QED) is 0.210. The average Bonchev–Trinajstić information content (AvgIpc) is 3.25. The molecule has 8 nitrogen and oxygen atoms in total. The molecule has 208 valence electrons. The molecule has 0 aliphatic heterocycles. The van der Waals surface area contributed by atoms with Crippen molar-refractivity contribution in [3.63, 3.8) is 0 Å². The molecule has 0 atom stereocenters. The van der Waals surface area contributed by atoms with Gasteiger partial charge in [-0.05, 0) is 60.2 Å². The maximum atomic E-state index is 13.7. The monoisotopic (exact) mass is 584 g/mol. The van der Waals surface area contributed by atoms with Crippen LogP contribution >= 0.6 is 23.2 Å². The van der Waals surface area contributed by atoms with Crippen molar-refractivity contribution in [1.82, 2.24) is 9.88 Å². The summed E-state index contributed by atoms with van der Waals surface area (Å²) in [5.74, 6) is -1.75. The van der Waals surface area contributed by atoms with E-state index < -0.39 is 17.6 Å². The van der Waals surface area contributed by atoms with Crippen LogP contribution in [0.3, 0.4) is 0 Å². The van der Waals surface area contributed by atoms with Gasteiger partial charge in [0.05, 0.1) is 16.1 Å². The number of amides is 3. The zero-order valence-electron chi connectivity index (χ0n) is 22.0. The van der Waals surface area contributed by atoms with Crippen LogP contribution in [-0.2, 0) is 22.8 Å². The van der Waals surface area contributed by atoms with Crippen LogP contribution < -0.4 is 16.0 Å². The van der Waals surface area contributed by atoms with E-state index in [9.17, 15) is 18.8 Å². The summed E-state index contributed by atoms with van der Waals surface area (Å²) in [6.45, 7) is 3.94. The molecule has 0 saturated heterocycles. The average molecular weight is 585 g/mol. The largest absolute Gasteiger partial charge is 0.364 e. The number of anilines is 2. The molecule has 1 heterocycles. The molecular formula is C29H27Cl2FN4O4. The summed E-state index contributed by atoms with van der Waals surface area (Å²) >= 11 is 12.2. The van der Waals surface area contributed by atoms with Crippen molar-refractivity contribution in [2.45, 2.75) is 27.1 Å². The predicted molar refractivity (Wildman–Crippen MR) is 154 cm³/mol. The number of carbonyl (C=O) groups is 3. The minimum Gasteiger partial charge on any atom is -0.364 e. The van der Waals surface area contributed by atoms with Crippen LogP contribution in [0, 0.1) is 11.7 Å². The Balaban J connectivity index is 1.57. The lowest BCUT2D eigenvalue weighted by molar-refractivity contribution is -0.124. The number of benzene rings is 3. The van der Waals surface area contributed by atoms with Gasteiger partial charge in [-0.25, -0.2) is 4.39 Å². The Morgan fingerprint density at radius 2 is 1.68 bits per heavy atom. The first kappa shape index (κ1) is 29.1. The van der Waals surface area contributed by atoms with Crippen molar-refractivity contribution in [3.8, 4) is 0 Å². The third-order valence-electron chi connectivity index (χ3n) is 6.04. The van der Waals surface area contributed by atoms with E-state index in [0.717, 1.165) is 11.6 Å². The normalized spacial score (nSPS) is 11.1. The van der Waals surface area contributed by atoms with Gasteiger partial charge in [-0.3, -0.25) is 14.4 Å². The predicted octanol–water partition coefficient (Wildman–Crippen LogP) is 6.47. The van der Waals surface area contributed by atoms with Crippen LogP contribution in [0.1, 0.15) is 40.3 Å². The fraction of sp³-hybridized carbons (Fsp3) is 0.207. The van der Waals surface area contributed by atoms with E-state index in [1.54, 1.807) is 60.9 Å². The number of ether oxygens (including phenoxy) is 1. The molecule has 0 aliphatic rings. The third-order valence-corrected chi connectivity index (χ3v) is 6.58. The lowest BCUT2D eigenvalue weighted by Crippen LogP contribution is -2.27. The Kier molecular flexibility index (Phi) is 9.09. The fourth-order valence-electron chi connectivity index (χ4n) is 4.07. The van der Waals surface area contributed by atoms with Crippen LogP contribution in [0.2, 0.25) is 10.0 Å². The molecule has 0 aliphatic carbocycles. The van der Waals surface area contributed by atoms with E-state index in [2.05, 4.69) is 16.0 Å². The van der Waals surface area contributed by atoms with E-state index in [1.165, 1.54) is 19.2 Å². The smallest absolute Gasteiger partial charge is 0.272 e. The Morgan fingerprint density at radius 3 is 2.38 bits per heavy atom. The second-order valence-electron chi connectivity index (χ2n) is 9.40. The number of nitrogens with zero attached hydrogens (tertiary/aromatic N) is 1. The van der Waals surface area contributed by atoms with Gasteiger partial charge in [0, 0.05) is 41.4 Å². The van der Waals surface area contributed by atoms with Gasteiger partial charge in [0.25, 0.3) is 11.8 Å². The number of hydrogen-bond donors (Lipinski definition) is 3. The minimum atomic E-state index is -0.577. The van der Waals surface area contributed by atoms with Crippen molar-refractivity contribution in [2.24, 2.45) is 5.92 Å². The van der Waals surface area contributed by atoms with Crippen LogP contribution in [0.25, 0.3) is 10.9 Å². The van der Waals surface area contributed by atoms with Gasteiger partial charge >= 0.3 is 0 Å². The van der Waals surface area contributed by atoms with Gasteiger partial charge in [-0.2, -0.15) is 0 Å². The zero-order valence-corrected chi connectivity index (χ0v) is 23.5. The molecule has 0 radical (unpaired) electrons. The molecule has 0 unspecified atom stereocenters. The number of fused-ring (bicyclic) bond motifs is 1. The van der Waals surface area contributed by atoms with Crippen molar-refractivity contribution in [1.29, 1.82) is 0 Å². The molecule has 0 spiro atoms. The first-order valence-corrected chi connectivity index (χ1v) is 13.1. The molecular weight excluding hydrogens is 558 g/mol. The second-order valence-corrected chi connectivity index (χ2v) is 10.2. The van der Waals surface area contributed by atoms with E-state index in [1.807, 2.05) is 0 Å². The third kappa shape index (κ3) is 6.80. The summed E-state index contributed by atoms with van der Waals surface area (Å²) in [5.41, 5.74) is 2.61. The standard InChI is InChI=1S/C29H27Cl2FN4O4/c1-16(2)27(37)33-14-17-4-6-24(31)23(8-17)28(38)34-21-5-7-25-18(9-21)10-26(36(25)15-40-3)29(39)35-22-12-19(30)11-20(32)13-22/h4-13,16H,14-15H2,1-3H3,(H,33,37)(H,34,38)(H,35,39). The van der Waals surface area contributed by atoms with Gasteiger partial charge in [-0.1, -0.05) is 43.1 Å². The lowest BCUT2D eigenvalue weighted by atomic mass is 10.1. The number of methoxy groups -OCH3 is 1. The Bertz CT molecular complexity index is 1580. The second kappa shape index (κ2) is 12.5. The number of hydrogen-bond acceptors (Lipinski definition) is 4. The van der Waals surface area contributed by atoms with Crippen molar-refractivity contribution >= 4 is 63.2 Å². The highest BCUT2D eigenvalue weighted by Gasteiger charge is 2.18. The molecule has 4 aromatic rings. The Hall–Kier alpha value is -3.92. The maximum absolute atomic E-state index is 13.7. The summed E-state index contributed by atoms with van der Waals surface area (Å²) in [6, 6.07) is 15.5. The molecule has 0 bridgehead atoms. The summed E-state index contributed by atoms with van der Waals surface area (Å²) in [6.07, 6.45) is 0. The van der Waals surface area contributed by atoms with Crippen molar-refractivity contribution < 1.29 is 23.5 Å². The topological polar surface area (TPSA) is 101 Å². The molecule has 0 saturated carbocycles. The molecule has 40 heavy (non-hydrogen) atoms. The number of rotatable bonds is 9. The lowest BCUT2D eigenvalue weighted by Gasteiger charge is -2.12. The van der Waals surface area contributed by atoms with Crippen molar-refractivity contribution in [3.05, 3.63) is 93.3 Å². The van der Waals surface area contributed by atoms with Crippen LogP contribution in [0.15, 0.2) is 60.7 Å². The Labute approximate surface area is 240 Å².